The van der Waals surface area contributed by atoms with Gasteiger partial charge in [-0.05, 0) is 51.2 Å². The SMILES string of the molecule is NCC1CCN(C2CCCCCCCCCCC2)CC1. The molecule has 0 aromatic heterocycles. The summed E-state index contributed by atoms with van der Waals surface area (Å²) in [4.78, 5) is 2.80. The molecule has 20 heavy (non-hydrogen) atoms. The van der Waals surface area contributed by atoms with Crippen LogP contribution in [0.25, 0.3) is 0 Å². The molecule has 0 spiro atoms. The van der Waals surface area contributed by atoms with Gasteiger partial charge in [0.25, 0.3) is 0 Å². The van der Waals surface area contributed by atoms with Crippen molar-refractivity contribution in [1.82, 2.24) is 4.90 Å². The summed E-state index contributed by atoms with van der Waals surface area (Å²) in [7, 11) is 0. The van der Waals surface area contributed by atoms with E-state index < -0.39 is 0 Å². The minimum atomic E-state index is 0.803. The molecule has 2 heteroatoms. The molecule has 1 saturated heterocycles. The van der Waals surface area contributed by atoms with Crippen LogP contribution < -0.4 is 5.73 Å². The molecule has 2 N–H and O–H groups in total. The second-order valence-corrected chi connectivity index (χ2v) is 7.13. The molecule has 118 valence electrons. The molecule has 2 rings (SSSR count). The Morgan fingerprint density at radius 3 is 1.55 bits per heavy atom. The van der Waals surface area contributed by atoms with E-state index in [-0.39, 0.29) is 0 Å². The van der Waals surface area contributed by atoms with E-state index >= 15 is 0 Å². The Kier molecular flexibility index (Phi) is 7.97. The average molecular weight is 280 g/mol. The van der Waals surface area contributed by atoms with Crippen molar-refractivity contribution in [2.45, 2.75) is 89.5 Å². The predicted molar refractivity (Wildman–Crippen MR) is 87.9 cm³/mol. The van der Waals surface area contributed by atoms with Crippen LogP contribution in [0.2, 0.25) is 0 Å². The van der Waals surface area contributed by atoms with Gasteiger partial charge in [0.05, 0.1) is 0 Å². The molecule has 1 saturated carbocycles. The van der Waals surface area contributed by atoms with E-state index in [0.29, 0.717) is 0 Å². The van der Waals surface area contributed by atoms with E-state index in [1.54, 1.807) is 0 Å². The zero-order chi connectivity index (χ0) is 14.0. The third-order valence-electron chi connectivity index (χ3n) is 5.57. The van der Waals surface area contributed by atoms with E-state index in [1.807, 2.05) is 0 Å². The third kappa shape index (κ3) is 5.73. The zero-order valence-corrected chi connectivity index (χ0v) is 13.5. The fourth-order valence-corrected chi connectivity index (χ4v) is 4.06. The highest BCUT2D eigenvalue weighted by atomic mass is 15.2. The lowest BCUT2D eigenvalue weighted by atomic mass is 9.92. The summed E-state index contributed by atoms with van der Waals surface area (Å²) >= 11 is 0. The number of nitrogens with zero attached hydrogens (tertiary/aromatic N) is 1. The summed E-state index contributed by atoms with van der Waals surface area (Å²) in [6, 6.07) is 0.883. The molecule has 1 heterocycles. The van der Waals surface area contributed by atoms with Gasteiger partial charge in [0.1, 0.15) is 0 Å². The maximum Gasteiger partial charge on any atom is 0.00952 e. The van der Waals surface area contributed by atoms with E-state index in [1.165, 1.54) is 96.6 Å². The molecule has 0 unspecified atom stereocenters. The third-order valence-corrected chi connectivity index (χ3v) is 5.57. The van der Waals surface area contributed by atoms with Crippen molar-refractivity contribution >= 4 is 0 Å². The standard InChI is InChI=1S/C18H36N2/c19-16-17-12-14-20(15-13-17)18-10-8-6-4-2-1-3-5-7-9-11-18/h17-18H,1-16,19H2. The summed E-state index contributed by atoms with van der Waals surface area (Å²) in [5, 5.41) is 0. The lowest BCUT2D eigenvalue weighted by molar-refractivity contribution is 0.118. The Bertz CT molecular complexity index is 222. The maximum absolute atomic E-state index is 5.82. The highest BCUT2D eigenvalue weighted by Gasteiger charge is 2.23. The highest BCUT2D eigenvalue weighted by Crippen LogP contribution is 2.24. The Labute approximate surface area is 126 Å². The number of hydrogen-bond donors (Lipinski definition) is 1. The molecule has 1 aliphatic heterocycles. The first-order chi connectivity index (χ1) is 9.90. The molecule has 2 aliphatic rings. The molecule has 2 nitrogen and oxygen atoms in total. The van der Waals surface area contributed by atoms with Crippen LogP contribution in [0, 0.1) is 5.92 Å². The number of likely N-dealkylation sites (tertiary alicyclic amines) is 1. The van der Waals surface area contributed by atoms with Crippen LogP contribution in [0.4, 0.5) is 0 Å². The topological polar surface area (TPSA) is 29.3 Å². The Hall–Kier alpha value is -0.0800. The molecule has 1 aliphatic carbocycles. The van der Waals surface area contributed by atoms with Crippen molar-refractivity contribution in [1.29, 1.82) is 0 Å². The second kappa shape index (κ2) is 9.78. The van der Waals surface area contributed by atoms with Gasteiger partial charge in [-0.3, -0.25) is 0 Å². The molecule has 0 aromatic rings. The van der Waals surface area contributed by atoms with Crippen LogP contribution >= 0.6 is 0 Å². The van der Waals surface area contributed by atoms with Gasteiger partial charge in [-0.1, -0.05) is 57.8 Å². The predicted octanol–water partition coefficient (Wildman–Crippen LogP) is 4.33. The van der Waals surface area contributed by atoms with Crippen molar-refractivity contribution in [2.75, 3.05) is 19.6 Å². The Morgan fingerprint density at radius 1 is 0.650 bits per heavy atom. The molecule has 0 amide bonds. The smallest absolute Gasteiger partial charge is 0.00952 e. The summed E-state index contributed by atoms with van der Waals surface area (Å²) in [6.07, 6.45) is 18.8. The van der Waals surface area contributed by atoms with Gasteiger partial charge in [0.2, 0.25) is 0 Å². The van der Waals surface area contributed by atoms with Gasteiger partial charge in [-0.25, -0.2) is 0 Å². The van der Waals surface area contributed by atoms with Gasteiger partial charge in [-0.2, -0.15) is 0 Å². The van der Waals surface area contributed by atoms with Gasteiger partial charge < -0.3 is 10.6 Å². The molecule has 0 atom stereocenters. The first-order valence-electron chi connectivity index (χ1n) is 9.34. The van der Waals surface area contributed by atoms with Crippen LogP contribution in [0.5, 0.6) is 0 Å². The van der Waals surface area contributed by atoms with Crippen LogP contribution in [0.1, 0.15) is 83.5 Å². The van der Waals surface area contributed by atoms with Gasteiger partial charge in [0.15, 0.2) is 0 Å². The van der Waals surface area contributed by atoms with Crippen molar-refractivity contribution in [3.8, 4) is 0 Å². The molecule has 0 radical (unpaired) electrons. The van der Waals surface area contributed by atoms with Crippen LogP contribution in [0.15, 0.2) is 0 Å². The first kappa shape index (κ1) is 16.3. The number of nitrogens with two attached hydrogens (primary N) is 1. The summed E-state index contributed by atoms with van der Waals surface area (Å²) in [5.74, 6) is 0.803. The van der Waals surface area contributed by atoms with E-state index in [2.05, 4.69) is 4.90 Å². The highest BCUT2D eigenvalue weighted by molar-refractivity contribution is 4.79. The molecular formula is C18H36N2. The largest absolute Gasteiger partial charge is 0.330 e. The first-order valence-corrected chi connectivity index (χ1v) is 9.34. The normalized spacial score (nSPS) is 26.9. The number of rotatable bonds is 2. The van der Waals surface area contributed by atoms with Crippen LogP contribution in [-0.2, 0) is 0 Å². The van der Waals surface area contributed by atoms with Crippen molar-refractivity contribution < 1.29 is 0 Å². The Morgan fingerprint density at radius 2 is 1.10 bits per heavy atom. The lowest BCUT2D eigenvalue weighted by Gasteiger charge is -2.37. The van der Waals surface area contributed by atoms with Crippen molar-refractivity contribution in [3.05, 3.63) is 0 Å². The fraction of sp³-hybridized carbons (Fsp3) is 1.00. The zero-order valence-electron chi connectivity index (χ0n) is 13.5. The summed E-state index contributed by atoms with van der Waals surface area (Å²) in [5.41, 5.74) is 5.82. The maximum atomic E-state index is 5.82. The number of piperidine rings is 1. The van der Waals surface area contributed by atoms with E-state index in [4.69, 9.17) is 5.73 Å². The molecular weight excluding hydrogens is 244 g/mol. The Balaban J connectivity index is 1.76. The van der Waals surface area contributed by atoms with E-state index in [0.717, 1.165) is 18.5 Å². The fourth-order valence-electron chi connectivity index (χ4n) is 4.06. The monoisotopic (exact) mass is 280 g/mol. The molecule has 0 bridgehead atoms. The number of hydrogen-bond acceptors (Lipinski definition) is 2. The van der Waals surface area contributed by atoms with Gasteiger partial charge in [0, 0.05) is 6.04 Å². The summed E-state index contributed by atoms with van der Waals surface area (Å²) in [6.45, 7) is 3.53. The van der Waals surface area contributed by atoms with Crippen LogP contribution in [0.3, 0.4) is 0 Å². The summed E-state index contributed by atoms with van der Waals surface area (Å²) < 4.78 is 0. The molecule has 2 fully saturated rings. The van der Waals surface area contributed by atoms with Crippen molar-refractivity contribution in [2.24, 2.45) is 11.7 Å². The van der Waals surface area contributed by atoms with E-state index in [9.17, 15) is 0 Å². The quantitative estimate of drug-likeness (QED) is 0.815. The lowest BCUT2D eigenvalue weighted by Crippen LogP contribution is -2.42. The minimum Gasteiger partial charge on any atom is -0.330 e. The van der Waals surface area contributed by atoms with Crippen molar-refractivity contribution in [3.63, 3.8) is 0 Å². The molecule has 0 aromatic carbocycles. The average Bonchev–Trinajstić information content (AvgIpc) is 2.48. The van der Waals surface area contributed by atoms with Crippen LogP contribution in [-0.4, -0.2) is 30.6 Å². The minimum absolute atomic E-state index is 0.803. The second-order valence-electron chi connectivity index (χ2n) is 7.13. The van der Waals surface area contributed by atoms with Gasteiger partial charge >= 0.3 is 0 Å². The van der Waals surface area contributed by atoms with Gasteiger partial charge in [-0.15, -0.1) is 0 Å².